The molecule has 0 radical (unpaired) electrons. The van der Waals surface area contributed by atoms with E-state index in [1.807, 2.05) is 0 Å². The average Bonchev–Trinajstić information content (AvgIpc) is 1.83. The highest BCUT2D eigenvalue weighted by atomic mass is 19.4. The highest BCUT2D eigenvalue weighted by molar-refractivity contribution is 5.88. The maximum Gasteiger partial charge on any atom is 0.422 e. The van der Waals surface area contributed by atoms with Crippen LogP contribution in [-0.4, -0.2) is 12.1 Å². The summed E-state index contributed by atoms with van der Waals surface area (Å²) >= 11 is 0. The Morgan fingerprint density at radius 2 is 1.80 bits per heavy atom. The Kier molecular flexibility index (Phi) is 2.39. The van der Waals surface area contributed by atoms with Gasteiger partial charge in [-0.1, -0.05) is 6.58 Å². The second kappa shape index (κ2) is 2.68. The van der Waals surface area contributed by atoms with Crippen LogP contribution in [0.15, 0.2) is 12.2 Å². The fraction of sp³-hybridized carbons (Fsp3) is 0.250. The topological polar surface area (TPSA) is 26.3 Å². The minimum absolute atomic E-state index is 1.87. The zero-order valence-electron chi connectivity index (χ0n) is 4.54. The largest absolute Gasteiger partial charge is 0.422 e. The van der Waals surface area contributed by atoms with Crippen LogP contribution < -0.4 is 0 Å². The first-order valence-electron chi connectivity index (χ1n) is 1.98. The van der Waals surface area contributed by atoms with Gasteiger partial charge in [0.1, 0.15) is 5.57 Å². The van der Waals surface area contributed by atoms with E-state index in [-0.39, 0.29) is 0 Å². The molecule has 0 spiro atoms. The molecule has 58 valence electrons. The van der Waals surface area contributed by atoms with Crippen molar-refractivity contribution < 1.29 is 27.4 Å². The molecule has 0 heterocycles. The molecule has 2 nitrogen and oxygen atoms in total. The van der Waals surface area contributed by atoms with Gasteiger partial charge in [-0.05, 0) is 0 Å². The molecule has 0 aromatic rings. The molecule has 0 bridgehead atoms. The van der Waals surface area contributed by atoms with Gasteiger partial charge in [0.15, 0.2) is 0 Å². The van der Waals surface area contributed by atoms with Gasteiger partial charge in [-0.2, -0.15) is 13.2 Å². The van der Waals surface area contributed by atoms with Gasteiger partial charge >= 0.3 is 12.1 Å². The Hall–Kier alpha value is -1.07. The first-order valence-corrected chi connectivity index (χ1v) is 1.98. The van der Waals surface area contributed by atoms with Crippen molar-refractivity contribution in [2.24, 2.45) is 0 Å². The van der Waals surface area contributed by atoms with Crippen molar-refractivity contribution in [1.29, 1.82) is 0 Å². The van der Waals surface area contributed by atoms with E-state index < -0.39 is 17.7 Å². The number of alkyl halides is 3. The molecule has 0 saturated heterocycles. The van der Waals surface area contributed by atoms with E-state index in [9.17, 15) is 22.5 Å². The van der Waals surface area contributed by atoms with Crippen LogP contribution in [0.25, 0.3) is 0 Å². The molecule has 0 saturated carbocycles. The van der Waals surface area contributed by atoms with Crippen molar-refractivity contribution in [2.75, 3.05) is 0 Å². The Labute approximate surface area is 53.0 Å². The molecule has 10 heavy (non-hydrogen) atoms. The number of carbonyl (C=O) groups excluding carboxylic acids is 1. The van der Waals surface area contributed by atoms with Crippen LogP contribution >= 0.6 is 0 Å². The number of carbonyl (C=O) groups is 1. The summed E-state index contributed by atoms with van der Waals surface area (Å²) in [5.74, 6) is -2.12. The van der Waals surface area contributed by atoms with Crippen LogP contribution in [0, 0.1) is 0 Å². The molecular weight excluding hydrogens is 156 g/mol. The monoisotopic (exact) mass is 158 g/mol. The fourth-order valence-corrected chi connectivity index (χ4v) is 0.162. The highest BCUT2D eigenvalue weighted by Gasteiger charge is 2.38. The predicted octanol–water partition coefficient (Wildman–Crippen LogP) is 1.53. The van der Waals surface area contributed by atoms with Gasteiger partial charge in [0.05, 0.1) is 0 Å². The second-order valence-electron chi connectivity index (χ2n) is 1.34. The zero-order chi connectivity index (χ0) is 8.36. The first-order chi connectivity index (χ1) is 4.39. The van der Waals surface area contributed by atoms with Crippen molar-refractivity contribution >= 4 is 5.97 Å². The van der Waals surface area contributed by atoms with Crippen molar-refractivity contribution in [3.8, 4) is 0 Å². The van der Waals surface area contributed by atoms with Gasteiger partial charge in [-0.3, -0.25) is 0 Å². The third kappa shape index (κ3) is 2.04. The van der Waals surface area contributed by atoms with Crippen molar-refractivity contribution in [3.05, 3.63) is 12.2 Å². The average molecular weight is 158 g/mol. The first kappa shape index (κ1) is 8.93. The number of hydrogen-bond acceptors (Lipinski definition) is 2. The number of halogens is 4. The Morgan fingerprint density at radius 1 is 1.40 bits per heavy atom. The van der Waals surface area contributed by atoms with Crippen LogP contribution in [0.1, 0.15) is 0 Å². The van der Waals surface area contributed by atoms with Gasteiger partial charge in [0, 0.05) is 4.53 Å². The lowest BCUT2D eigenvalue weighted by atomic mass is 10.3. The summed E-state index contributed by atoms with van der Waals surface area (Å²) in [6.45, 7) is 2.26. The van der Waals surface area contributed by atoms with E-state index in [4.69, 9.17) is 0 Å². The summed E-state index contributed by atoms with van der Waals surface area (Å²) in [4.78, 5) is 12.0. The molecule has 0 N–H and O–H groups in total. The van der Waals surface area contributed by atoms with Crippen LogP contribution in [-0.2, 0) is 9.74 Å². The lowest BCUT2D eigenvalue weighted by Gasteiger charge is -2.03. The van der Waals surface area contributed by atoms with Crippen LogP contribution in [0.2, 0.25) is 0 Å². The molecule has 0 aliphatic carbocycles. The molecule has 0 atom stereocenters. The third-order valence-electron chi connectivity index (χ3n) is 0.659. The molecule has 0 unspecified atom stereocenters. The van der Waals surface area contributed by atoms with E-state index in [1.54, 1.807) is 0 Å². The molecule has 0 fully saturated rings. The van der Waals surface area contributed by atoms with E-state index in [0.29, 0.717) is 0 Å². The Morgan fingerprint density at radius 3 is 1.90 bits per heavy atom. The summed E-state index contributed by atoms with van der Waals surface area (Å²) in [7, 11) is 0. The standard InChI is InChI=1S/C4H2F4O2/c1-2(3(9)10-8)4(5,6)7/h1H2. The molecular formula is C4H2F4O2. The summed E-state index contributed by atoms with van der Waals surface area (Å²) < 4.78 is 44.7. The summed E-state index contributed by atoms with van der Waals surface area (Å²) in [5.41, 5.74) is -1.87. The minimum Gasteiger partial charge on any atom is -0.249 e. The lowest BCUT2D eigenvalue weighted by molar-refractivity contribution is -0.186. The Bertz CT molecular complexity index is 159. The molecule has 0 amide bonds. The van der Waals surface area contributed by atoms with E-state index >= 15 is 0 Å². The molecule has 0 aromatic heterocycles. The predicted molar refractivity (Wildman–Crippen MR) is 22.4 cm³/mol. The van der Waals surface area contributed by atoms with Crippen molar-refractivity contribution in [3.63, 3.8) is 0 Å². The SMILES string of the molecule is C=C(C(=O)OF)C(F)(F)F. The van der Waals surface area contributed by atoms with Gasteiger partial charge in [-0.25, -0.2) is 9.74 Å². The zero-order valence-corrected chi connectivity index (χ0v) is 4.54. The number of hydrogen-bond donors (Lipinski definition) is 0. The lowest BCUT2D eigenvalue weighted by Crippen LogP contribution is -2.18. The fourth-order valence-electron chi connectivity index (χ4n) is 0.162. The smallest absolute Gasteiger partial charge is 0.249 e. The van der Waals surface area contributed by atoms with Crippen LogP contribution in [0.4, 0.5) is 17.7 Å². The van der Waals surface area contributed by atoms with E-state index in [1.165, 1.54) is 0 Å². The van der Waals surface area contributed by atoms with Gasteiger partial charge < -0.3 is 0 Å². The van der Waals surface area contributed by atoms with Crippen LogP contribution in [0.3, 0.4) is 0 Å². The molecule has 0 aromatic carbocycles. The van der Waals surface area contributed by atoms with Crippen molar-refractivity contribution in [2.45, 2.75) is 6.18 Å². The van der Waals surface area contributed by atoms with E-state index in [0.717, 1.165) is 0 Å². The van der Waals surface area contributed by atoms with Gasteiger partial charge in [-0.15, -0.1) is 0 Å². The number of rotatable bonds is 1. The summed E-state index contributed by atoms with van der Waals surface area (Å²) in [5, 5.41) is 0. The van der Waals surface area contributed by atoms with Crippen molar-refractivity contribution in [1.82, 2.24) is 0 Å². The van der Waals surface area contributed by atoms with Crippen LogP contribution in [0.5, 0.6) is 0 Å². The van der Waals surface area contributed by atoms with Gasteiger partial charge in [0.2, 0.25) is 0 Å². The Balaban J connectivity index is 4.24. The molecule has 6 heteroatoms. The highest BCUT2D eigenvalue weighted by Crippen LogP contribution is 2.24. The molecule has 0 rings (SSSR count). The maximum atomic E-state index is 11.3. The normalized spacial score (nSPS) is 10.8. The quantitative estimate of drug-likeness (QED) is 0.427. The van der Waals surface area contributed by atoms with E-state index in [2.05, 4.69) is 11.5 Å². The second-order valence-corrected chi connectivity index (χ2v) is 1.34. The summed E-state index contributed by atoms with van der Waals surface area (Å²) in [6, 6.07) is 0. The molecule has 0 aliphatic heterocycles. The third-order valence-corrected chi connectivity index (χ3v) is 0.659. The molecule has 0 aliphatic rings. The minimum atomic E-state index is -4.93. The van der Waals surface area contributed by atoms with Gasteiger partial charge in [0.25, 0.3) is 0 Å². The maximum absolute atomic E-state index is 11.3. The summed E-state index contributed by atoms with van der Waals surface area (Å²) in [6.07, 6.45) is -4.93.